The van der Waals surface area contributed by atoms with Crippen LogP contribution < -0.4 is 4.90 Å². The van der Waals surface area contributed by atoms with Crippen LogP contribution in [0.25, 0.3) is 10.9 Å². The number of ketones is 1. The minimum Gasteiger partial charge on any atom is -0.378 e. The standard InChI is InChI=1S/C14H16N2O/c1-9-13(10(2)17)7-11-5-6-12(16(3)4)8-14(11)15-9/h5-8H,1-4H3. The molecule has 0 saturated carbocycles. The van der Waals surface area contributed by atoms with Crippen molar-refractivity contribution in [1.82, 2.24) is 4.98 Å². The second kappa shape index (κ2) is 4.17. The van der Waals surface area contributed by atoms with Crippen molar-refractivity contribution in [3.05, 3.63) is 35.5 Å². The van der Waals surface area contributed by atoms with E-state index in [1.54, 1.807) is 6.92 Å². The Bertz CT molecular complexity index is 588. The fourth-order valence-corrected chi connectivity index (χ4v) is 1.89. The molecule has 0 N–H and O–H groups in total. The monoisotopic (exact) mass is 228 g/mol. The molecule has 0 aliphatic rings. The fourth-order valence-electron chi connectivity index (χ4n) is 1.89. The number of carbonyl (C=O) groups is 1. The van der Waals surface area contributed by atoms with E-state index in [4.69, 9.17) is 0 Å². The van der Waals surface area contributed by atoms with Gasteiger partial charge in [-0.15, -0.1) is 0 Å². The summed E-state index contributed by atoms with van der Waals surface area (Å²) in [6.07, 6.45) is 0. The summed E-state index contributed by atoms with van der Waals surface area (Å²) in [4.78, 5) is 18.0. The van der Waals surface area contributed by atoms with Gasteiger partial charge in [0.1, 0.15) is 0 Å². The number of aromatic nitrogens is 1. The summed E-state index contributed by atoms with van der Waals surface area (Å²) in [5.74, 6) is 0.0635. The first kappa shape index (κ1) is 11.6. The average molecular weight is 228 g/mol. The van der Waals surface area contributed by atoms with Gasteiger partial charge in [-0.25, -0.2) is 0 Å². The molecule has 2 rings (SSSR count). The number of anilines is 1. The van der Waals surface area contributed by atoms with Crippen molar-refractivity contribution >= 4 is 22.4 Å². The normalized spacial score (nSPS) is 10.6. The number of nitrogens with zero attached hydrogens (tertiary/aromatic N) is 2. The van der Waals surface area contributed by atoms with Crippen molar-refractivity contribution in [1.29, 1.82) is 0 Å². The minimum atomic E-state index is 0.0635. The number of rotatable bonds is 2. The van der Waals surface area contributed by atoms with Crippen LogP contribution >= 0.6 is 0 Å². The summed E-state index contributed by atoms with van der Waals surface area (Å²) >= 11 is 0. The van der Waals surface area contributed by atoms with Crippen LogP contribution in [0.5, 0.6) is 0 Å². The molecule has 3 nitrogen and oxygen atoms in total. The number of benzene rings is 1. The van der Waals surface area contributed by atoms with Crippen LogP contribution in [0, 0.1) is 6.92 Å². The molecule has 1 aromatic heterocycles. The number of carbonyl (C=O) groups excluding carboxylic acids is 1. The molecule has 0 radical (unpaired) electrons. The van der Waals surface area contributed by atoms with E-state index >= 15 is 0 Å². The smallest absolute Gasteiger partial charge is 0.161 e. The maximum absolute atomic E-state index is 11.4. The molecule has 2 aromatic rings. The van der Waals surface area contributed by atoms with Crippen LogP contribution in [0.2, 0.25) is 0 Å². The molecule has 0 bridgehead atoms. The summed E-state index contributed by atoms with van der Waals surface area (Å²) in [5, 5.41) is 1.01. The van der Waals surface area contributed by atoms with Crippen LogP contribution in [0.4, 0.5) is 5.69 Å². The highest BCUT2D eigenvalue weighted by Crippen LogP contribution is 2.22. The fraction of sp³-hybridized carbons (Fsp3) is 0.286. The summed E-state index contributed by atoms with van der Waals surface area (Å²) in [7, 11) is 4.00. The van der Waals surface area contributed by atoms with Crippen molar-refractivity contribution in [2.45, 2.75) is 13.8 Å². The zero-order valence-electron chi connectivity index (χ0n) is 10.6. The lowest BCUT2D eigenvalue weighted by atomic mass is 10.1. The van der Waals surface area contributed by atoms with Gasteiger partial charge in [0.05, 0.1) is 5.52 Å². The molecule has 0 aliphatic heterocycles. The van der Waals surface area contributed by atoms with Gasteiger partial charge < -0.3 is 4.90 Å². The van der Waals surface area contributed by atoms with Gasteiger partial charge >= 0.3 is 0 Å². The highest BCUT2D eigenvalue weighted by molar-refractivity contribution is 5.98. The Hall–Kier alpha value is -1.90. The van der Waals surface area contributed by atoms with E-state index in [0.717, 1.165) is 22.3 Å². The quantitative estimate of drug-likeness (QED) is 0.741. The molecule has 1 aromatic carbocycles. The Balaban J connectivity index is 2.66. The van der Waals surface area contributed by atoms with Gasteiger partial charge in [0.15, 0.2) is 5.78 Å². The van der Waals surface area contributed by atoms with E-state index in [2.05, 4.69) is 4.98 Å². The predicted molar refractivity (Wildman–Crippen MR) is 70.8 cm³/mol. The van der Waals surface area contributed by atoms with Crippen LogP contribution in [0.1, 0.15) is 23.0 Å². The third kappa shape index (κ3) is 2.13. The Morgan fingerprint density at radius 3 is 2.53 bits per heavy atom. The van der Waals surface area contributed by atoms with Gasteiger partial charge in [-0.1, -0.05) is 6.07 Å². The molecule has 88 valence electrons. The summed E-state index contributed by atoms with van der Waals surface area (Å²) in [5.41, 5.74) is 3.54. The largest absolute Gasteiger partial charge is 0.378 e. The topological polar surface area (TPSA) is 33.2 Å². The first-order chi connectivity index (χ1) is 7.99. The second-order valence-corrected chi connectivity index (χ2v) is 4.45. The number of fused-ring (bicyclic) bond motifs is 1. The maximum atomic E-state index is 11.4. The van der Waals surface area contributed by atoms with Gasteiger partial charge in [0.25, 0.3) is 0 Å². The van der Waals surface area contributed by atoms with Crippen molar-refractivity contribution in [3.8, 4) is 0 Å². The summed E-state index contributed by atoms with van der Waals surface area (Å²) < 4.78 is 0. The Kier molecular flexibility index (Phi) is 2.84. The molecule has 3 heteroatoms. The van der Waals surface area contributed by atoms with Crippen molar-refractivity contribution in [2.24, 2.45) is 0 Å². The van der Waals surface area contributed by atoms with Crippen LogP contribution in [-0.2, 0) is 0 Å². The van der Waals surface area contributed by atoms with Gasteiger partial charge in [-0.2, -0.15) is 0 Å². The molecule has 17 heavy (non-hydrogen) atoms. The highest BCUT2D eigenvalue weighted by atomic mass is 16.1. The molecule has 0 spiro atoms. The third-order valence-corrected chi connectivity index (χ3v) is 2.89. The van der Waals surface area contributed by atoms with Gasteiger partial charge in [-0.3, -0.25) is 9.78 Å². The molecule has 0 unspecified atom stereocenters. The zero-order chi connectivity index (χ0) is 12.6. The lowest BCUT2D eigenvalue weighted by Crippen LogP contribution is -2.08. The Morgan fingerprint density at radius 2 is 1.94 bits per heavy atom. The number of pyridine rings is 1. The number of aryl methyl sites for hydroxylation is 1. The van der Waals surface area contributed by atoms with Gasteiger partial charge in [0.2, 0.25) is 0 Å². The van der Waals surface area contributed by atoms with E-state index in [1.807, 2.05) is 50.2 Å². The number of Topliss-reactive ketones (excluding diaryl/α,β-unsaturated/α-hetero) is 1. The van der Waals surface area contributed by atoms with E-state index in [9.17, 15) is 4.79 Å². The second-order valence-electron chi connectivity index (χ2n) is 4.45. The minimum absolute atomic E-state index is 0.0635. The average Bonchev–Trinajstić information content (AvgIpc) is 2.26. The van der Waals surface area contributed by atoms with Gasteiger partial charge in [0, 0.05) is 36.4 Å². The predicted octanol–water partition coefficient (Wildman–Crippen LogP) is 2.81. The highest BCUT2D eigenvalue weighted by Gasteiger charge is 2.08. The van der Waals surface area contributed by atoms with Crippen LogP contribution in [0.15, 0.2) is 24.3 Å². The Morgan fingerprint density at radius 1 is 1.24 bits per heavy atom. The van der Waals surface area contributed by atoms with E-state index in [-0.39, 0.29) is 5.78 Å². The summed E-state index contributed by atoms with van der Waals surface area (Å²) in [6.45, 7) is 3.45. The SMILES string of the molecule is CC(=O)c1cc2ccc(N(C)C)cc2nc1C. The third-order valence-electron chi connectivity index (χ3n) is 2.89. The molecular formula is C14H16N2O. The van der Waals surface area contributed by atoms with Gasteiger partial charge in [-0.05, 0) is 32.0 Å². The number of hydrogen-bond acceptors (Lipinski definition) is 3. The molecule has 0 fully saturated rings. The first-order valence-electron chi connectivity index (χ1n) is 5.58. The maximum Gasteiger partial charge on any atom is 0.161 e. The Labute approximate surface area is 101 Å². The zero-order valence-corrected chi connectivity index (χ0v) is 10.6. The molecule has 1 heterocycles. The lowest BCUT2D eigenvalue weighted by molar-refractivity contribution is 0.101. The molecule has 0 aliphatic carbocycles. The van der Waals surface area contributed by atoms with Crippen molar-refractivity contribution < 1.29 is 4.79 Å². The van der Waals surface area contributed by atoms with E-state index in [0.29, 0.717) is 5.56 Å². The van der Waals surface area contributed by atoms with Crippen molar-refractivity contribution in [3.63, 3.8) is 0 Å². The van der Waals surface area contributed by atoms with Crippen LogP contribution in [0.3, 0.4) is 0 Å². The van der Waals surface area contributed by atoms with E-state index in [1.165, 1.54) is 0 Å². The number of hydrogen-bond donors (Lipinski definition) is 0. The molecule has 0 saturated heterocycles. The van der Waals surface area contributed by atoms with Crippen LogP contribution in [-0.4, -0.2) is 24.9 Å². The lowest BCUT2D eigenvalue weighted by Gasteiger charge is -2.13. The summed E-state index contributed by atoms with van der Waals surface area (Å²) in [6, 6.07) is 7.98. The van der Waals surface area contributed by atoms with E-state index < -0.39 is 0 Å². The molecular weight excluding hydrogens is 212 g/mol. The first-order valence-corrected chi connectivity index (χ1v) is 5.58. The molecule has 0 atom stereocenters. The van der Waals surface area contributed by atoms with Crippen molar-refractivity contribution in [2.75, 3.05) is 19.0 Å². The molecule has 0 amide bonds.